The van der Waals surface area contributed by atoms with Gasteiger partial charge in [-0.2, -0.15) is 0 Å². The van der Waals surface area contributed by atoms with Gasteiger partial charge in [0.1, 0.15) is 0 Å². The van der Waals surface area contributed by atoms with Gasteiger partial charge in [0, 0.05) is 15.8 Å². The molecule has 0 spiro atoms. The topological polar surface area (TPSA) is 0 Å². The van der Waals surface area contributed by atoms with Gasteiger partial charge in [0.15, 0.2) is 0 Å². The van der Waals surface area contributed by atoms with Crippen LogP contribution in [0, 0.1) is 0 Å². The summed E-state index contributed by atoms with van der Waals surface area (Å²) in [5.74, 6) is 0. The van der Waals surface area contributed by atoms with E-state index in [1.54, 1.807) is 12.3 Å². The zero-order valence-electron chi connectivity index (χ0n) is 13.4. The second-order valence-electron chi connectivity index (χ2n) is 4.40. The molecule has 0 N–H and O–H groups in total. The third kappa shape index (κ3) is 42.8. The molecule has 0 rings (SSSR count). The molecular formula is C10H26B2F8P2. The molecule has 0 atom stereocenters. The summed E-state index contributed by atoms with van der Waals surface area (Å²) in [6, 6.07) is 0. The molecule has 0 fully saturated rings. The summed E-state index contributed by atoms with van der Waals surface area (Å²) in [4.78, 5) is 0. The Morgan fingerprint density at radius 2 is 0.636 bits per heavy atom. The largest absolute Gasteiger partial charge is 0.673 e. The highest BCUT2D eigenvalue weighted by molar-refractivity contribution is 7.61. The summed E-state index contributed by atoms with van der Waals surface area (Å²) in [5, 5.41) is 0. The van der Waals surface area contributed by atoms with E-state index in [1.807, 2.05) is 0 Å². The maximum Gasteiger partial charge on any atom is 0.673 e. The van der Waals surface area contributed by atoms with Crippen molar-refractivity contribution in [3.63, 3.8) is 0 Å². The smallest absolute Gasteiger partial charge is 0.418 e. The fraction of sp³-hybridized carbons (Fsp3) is 1.00. The first-order valence-corrected chi connectivity index (χ1v) is 11.4. The predicted octanol–water partition coefficient (Wildman–Crippen LogP) is 6.09. The third-order valence-corrected chi connectivity index (χ3v) is 9.25. The first kappa shape index (κ1) is 27.3. The minimum Gasteiger partial charge on any atom is -0.418 e. The summed E-state index contributed by atoms with van der Waals surface area (Å²) in [7, 11) is -11.8. The molecule has 0 aliphatic heterocycles. The lowest BCUT2D eigenvalue weighted by Crippen LogP contribution is -2.02. The SMILES string of the molecule is CC[PH+](CC)CC[PH+](CC)CC.F[B-](F)(F)F.F[B-](F)(F)F. The van der Waals surface area contributed by atoms with Crippen LogP contribution in [0.25, 0.3) is 0 Å². The minimum atomic E-state index is -6.00. The van der Waals surface area contributed by atoms with E-state index >= 15 is 0 Å². The highest BCUT2D eigenvalue weighted by atomic mass is 31.1. The molecule has 12 heteroatoms. The highest BCUT2D eigenvalue weighted by Gasteiger charge is 2.21. The van der Waals surface area contributed by atoms with Crippen molar-refractivity contribution in [3.05, 3.63) is 0 Å². The van der Waals surface area contributed by atoms with Crippen LogP contribution < -0.4 is 0 Å². The molecule has 0 aromatic rings. The van der Waals surface area contributed by atoms with E-state index in [9.17, 15) is 34.5 Å². The van der Waals surface area contributed by atoms with Crippen molar-refractivity contribution in [2.24, 2.45) is 0 Å². The molecule has 0 aromatic heterocycles. The Morgan fingerprint density at radius 3 is 0.727 bits per heavy atom. The first-order chi connectivity index (χ1) is 9.78. The van der Waals surface area contributed by atoms with Crippen molar-refractivity contribution in [1.82, 2.24) is 0 Å². The van der Waals surface area contributed by atoms with Crippen LogP contribution in [0.15, 0.2) is 0 Å². The molecule has 0 saturated heterocycles. The van der Waals surface area contributed by atoms with E-state index in [4.69, 9.17) is 0 Å². The van der Waals surface area contributed by atoms with Crippen LogP contribution >= 0.6 is 15.8 Å². The van der Waals surface area contributed by atoms with Gasteiger partial charge in [-0.25, -0.2) is 0 Å². The molecule has 138 valence electrons. The highest BCUT2D eigenvalue weighted by Crippen LogP contribution is 2.41. The molecule has 0 radical (unpaired) electrons. The zero-order valence-corrected chi connectivity index (χ0v) is 15.4. The van der Waals surface area contributed by atoms with E-state index in [-0.39, 0.29) is 15.8 Å². The fourth-order valence-corrected chi connectivity index (χ4v) is 6.80. The Labute approximate surface area is 130 Å². The zero-order chi connectivity index (χ0) is 18.4. The van der Waals surface area contributed by atoms with Crippen molar-refractivity contribution in [2.75, 3.05) is 37.0 Å². The molecule has 0 aliphatic carbocycles. The lowest BCUT2D eigenvalue weighted by Gasteiger charge is -2.07. The van der Waals surface area contributed by atoms with E-state index in [0.29, 0.717) is 0 Å². The Kier molecular flexibility index (Phi) is 18.6. The average molecular weight is 382 g/mol. The Morgan fingerprint density at radius 1 is 0.500 bits per heavy atom. The quantitative estimate of drug-likeness (QED) is 0.284. The molecule has 22 heavy (non-hydrogen) atoms. The lowest BCUT2D eigenvalue weighted by atomic mass is 10.3. The molecule has 0 aliphatic rings. The Balaban J connectivity index is -0.000000298. The van der Waals surface area contributed by atoms with Crippen molar-refractivity contribution >= 4 is 30.4 Å². The average Bonchev–Trinajstić information content (AvgIpc) is 2.31. The van der Waals surface area contributed by atoms with Crippen LogP contribution in [0.3, 0.4) is 0 Å². The predicted molar refractivity (Wildman–Crippen MR) is 88.9 cm³/mol. The summed E-state index contributed by atoms with van der Waals surface area (Å²) < 4.78 is 78.0. The monoisotopic (exact) mass is 382 g/mol. The van der Waals surface area contributed by atoms with Crippen LogP contribution in [0.1, 0.15) is 27.7 Å². The van der Waals surface area contributed by atoms with Gasteiger partial charge in [0.05, 0.1) is 37.0 Å². The minimum absolute atomic E-state index is 0.0873. The molecule has 0 nitrogen and oxygen atoms in total. The molecule has 0 saturated carbocycles. The van der Waals surface area contributed by atoms with Gasteiger partial charge in [-0.15, -0.1) is 0 Å². The van der Waals surface area contributed by atoms with Crippen molar-refractivity contribution in [1.29, 1.82) is 0 Å². The number of hydrogen-bond donors (Lipinski definition) is 0. The van der Waals surface area contributed by atoms with Gasteiger partial charge in [0.2, 0.25) is 0 Å². The maximum atomic E-state index is 9.75. The summed E-state index contributed by atoms with van der Waals surface area (Å²) in [6.45, 7) is 9.51. The van der Waals surface area contributed by atoms with Crippen LogP contribution in [0.2, 0.25) is 0 Å². The Bertz CT molecular complexity index is 194. The summed E-state index contributed by atoms with van der Waals surface area (Å²) >= 11 is 0. The van der Waals surface area contributed by atoms with Crippen LogP contribution in [-0.2, 0) is 0 Å². The molecular weight excluding hydrogens is 356 g/mol. The van der Waals surface area contributed by atoms with Gasteiger partial charge in [-0.3, -0.25) is 0 Å². The summed E-state index contributed by atoms with van der Waals surface area (Å²) in [5.41, 5.74) is 0. The van der Waals surface area contributed by atoms with Crippen LogP contribution in [0.5, 0.6) is 0 Å². The normalized spacial score (nSPS) is 11.7. The standard InChI is InChI=1S/C10H24P2.2BF4/c1-5-11(6-2)9-10-12(7-3)8-4;2*2-1(3,4)5/h5-10H2,1-4H3;;/q;2*-1/p+2. The fourth-order valence-electron chi connectivity index (χ4n) is 1.56. The van der Waals surface area contributed by atoms with E-state index in [0.717, 1.165) is 0 Å². The molecule has 0 heterocycles. The van der Waals surface area contributed by atoms with Gasteiger partial charge in [-0.1, -0.05) is 0 Å². The molecule has 0 unspecified atom stereocenters. The van der Waals surface area contributed by atoms with E-state index in [1.165, 1.54) is 24.6 Å². The third-order valence-electron chi connectivity index (χ3n) is 2.83. The number of rotatable bonds is 7. The van der Waals surface area contributed by atoms with Crippen LogP contribution in [0.4, 0.5) is 34.5 Å². The van der Waals surface area contributed by atoms with Crippen LogP contribution in [-0.4, -0.2) is 51.5 Å². The molecule has 0 bridgehead atoms. The van der Waals surface area contributed by atoms with Gasteiger partial charge in [0.25, 0.3) is 0 Å². The second-order valence-corrected chi connectivity index (χ2v) is 11.2. The first-order valence-electron chi connectivity index (χ1n) is 7.20. The summed E-state index contributed by atoms with van der Waals surface area (Å²) in [6.07, 6.45) is 9.17. The van der Waals surface area contributed by atoms with Crippen molar-refractivity contribution < 1.29 is 34.5 Å². The second kappa shape index (κ2) is 15.0. The lowest BCUT2D eigenvalue weighted by molar-refractivity contribution is 0.366. The van der Waals surface area contributed by atoms with Crippen molar-refractivity contribution in [3.8, 4) is 0 Å². The molecule has 0 amide bonds. The van der Waals surface area contributed by atoms with Crippen molar-refractivity contribution in [2.45, 2.75) is 27.7 Å². The number of hydrogen-bond acceptors (Lipinski definition) is 0. The maximum absolute atomic E-state index is 9.75. The van der Waals surface area contributed by atoms with E-state index < -0.39 is 14.5 Å². The number of halogens is 8. The van der Waals surface area contributed by atoms with Gasteiger partial charge >= 0.3 is 14.5 Å². The Hall–Kier alpha value is 0.430. The molecule has 0 aromatic carbocycles. The van der Waals surface area contributed by atoms with E-state index in [2.05, 4.69) is 27.7 Å². The van der Waals surface area contributed by atoms with Gasteiger partial charge in [-0.05, 0) is 27.7 Å². The van der Waals surface area contributed by atoms with Gasteiger partial charge < -0.3 is 34.5 Å².